The lowest BCUT2D eigenvalue weighted by Crippen LogP contribution is -2.13. The Morgan fingerprint density at radius 3 is 2.48 bits per heavy atom. The van der Waals surface area contributed by atoms with E-state index >= 15 is 0 Å². The number of aromatic amines is 1. The van der Waals surface area contributed by atoms with Crippen LogP contribution in [0.15, 0.2) is 53.7 Å². The molecule has 0 amide bonds. The van der Waals surface area contributed by atoms with Crippen LogP contribution in [-0.4, -0.2) is 39.7 Å². The molecule has 1 aromatic carbocycles. The quantitative estimate of drug-likeness (QED) is 0.493. The number of hydrogen-bond donors (Lipinski definition) is 2. The van der Waals surface area contributed by atoms with Crippen LogP contribution < -0.4 is 0 Å². The first-order valence-electron chi connectivity index (χ1n) is 8.79. The molecule has 148 valence electrons. The highest BCUT2D eigenvalue weighted by molar-refractivity contribution is 7.92. The Hall–Kier alpha value is -3.04. The van der Waals surface area contributed by atoms with Crippen molar-refractivity contribution in [3.63, 3.8) is 0 Å². The zero-order valence-electron chi connectivity index (χ0n) is 15.6. The molecule has 0 radical (unpaired) electrons. The number of thiophene rings is 1. The molecule has 4 rings (SSSR count). The molecule has 0 unspecified atom stereocenters. The number of sulfone groups is 1. The highest BCUT2D eigenvalue weighted by Crippen LogP contribution is 2.33. The second kappa shape index (κ2) is 7.09. The van der Waals surface area contributed by atoms with Gasteiger partial charge in [0.25, 0.3) is 0 Å². The number of H-pyrrole nitrogens is 1. The third kappa shape index (κ3) is 3.43. The van der Waals surface area contributed by atoms with Crippen molar-refractivity contribution in [3.8, 4) is 21.7 Å². The molecule has 0 aliphatic rings. The molecule has 0 atom stereocenters. The second-order valence-electron chi connectivity index (χ2n) is 6.74. The first kappa shape index (κ1) is 19.3. The monoisotopic (exact) mass is 427 g/mol. The summed E-state index contributed by atoms with van der Waals surface area (Å²) in [4.78, 5) is 24.6. The van der Waals surface area contributed by atoms with Gasteiger partial charge in [-0.25, -0.2) is 23.2 Å². The van der Waals surface area contributed by atoms with E-state index in [0.717, 1.165) is 16.0 Å². The number of nitrogens with zero attached hydrogens (tertiary/aromatic N) is 2. The van der Waals surface area contributed by atoms with E-state index in [9.17, 15) is 13.2 Å². The van der Waals surface area contributed by atoms with E-state index in [0.29, 0.717) is 16.9 Å². The highest BCUT2D eigenvalue weighted by atomic mass is 32.2. The molecule has 2 N–H and O–H groups in total. The molecule has 4 aromatic rings. The summed E-state index contributed by atoms with van der Waals surface area (Å²) in [6.07, 6.45) is 3.37. The normalized spacial score (nSPS) is 12.0. The van der Waals surface area contributed by atoms with Crippen LogP contribution in [0.2, 0.25) is 0 Å². The van der Waals surface area contributed by atoms with Gasteiger partial charge >= 0.3 is 5.97 Å². The minimum absolute atomic E-state index is 0.250. The van der Waals surface area contributed by atoms with Crippen LogP contribution in [0.1, 0.15) is 23.5 Å². The van der Waals surface area contributed by atoms with Crippen LogP contribution in [0, 0.1) is 0 Å². The summed E-state index contributed by atoms with van der Waals surface area (Å²) in [5.41, 5.74) is 3.33. The fourth-order valence-electron chi connectivity index (χ4n) is 2.90. The zero-order valence-corrected chi connectivity index (χ0v) is 17.2. The number of rotatable bonds is 5. The van der Waals surface area contributed by atoms with Crippen molar-refractivity contribution in [1.29, 1.82) is 0 Å². The SMILES string of the molecule is CC(C)S(=O)(=O)c1ccc(-c2cnc3[nH]cc(-c4ccc(C(=O)O)s4)c3n2)cc1. The van der Waals surface area contributed by atoms with Crippen LogP contribution in [0.5, 0.6) is 0 Å². The number of carbonyl (C=O) groups is 1. The van der Waals surface area contributed by atoms with Gasteiger partial charge < -0.3 is 10.1 Å². The Bertz CT molecular complexity index is 1320. The van der Waals surface area contributed by atoms with E-state index < -0.39 is 21.1 Å². The van der Waals surface area contributed by atoms with Gasteiger partial charge in [-0.1, -0.05) is 12.1 Å². The number of benzene rings is 1. The second-order valence-corrected chi connectivity index (χ2v) is 10.3. The maximum atomic E-state index is 12.3. The minimum Gasteiger partial charge on any atom is -0.477 e. The van der Waals surface area contributed by atoms with Crippen LogP contribution >= 0.6 is 11.3 Å². The zero-order chi connectivity index (χ0) is 20.8. The minimum atomic E-state index is -3.34. The number of aromatic nitrogens is 3. The van der Waals surface area contributed by atoms with E-state index in [2.05, 4.69) is 15.0 Å². The van der Waals surface area contributed by atoms with Gasteiger partial charge in [0.2, 0.25) is 0 Å². The maximum absolute atomic E-state index is 12.3. The molecule has 0 spiro atoms. The average molecular weight is 428 g/mol. The molecule has 3 heterocycles. The van der Waals surface area contributed by atoms with Gasteiger partial charge in [0, 0.05) is 22.2 Å². The Labute approximate surface area is 171 Å². The molecular weight excluding hydrogens is 410 g/mol. The van der Waals surface area contributed by atoms with E-state index in [1.807, 2.05) is 0 Å². The number of carboxylic acid groups (broad SMARTS) is 1. The fraction of sp³-hybridized carbons (Fsp3) is 0.150. The van der Waals surface area contributed by atoms with Gasteiger partial charge in [-0.2, -0.15) is 0 Å². The first-order chi connectivity index (χ1) is 13.8. The van der Waals surface area contributed by atoms with E-state index in [1.165, 1.54) is 11.3 Å². The molecule has 0 saturated heterocycles. The summed E-state index contributed by atoms with van der Waals surface area (Å²) >= 11 is 1.17. The van der Waals surface area contributed by atoms with Crippen LogP contribution in [-0.2, 0) is 9.84 Å². The van der Waals surface area contributed by atoms with Crippen LogP contribution in [0.25, 0.3) is 32.9 Å². The van der Waals surface area contributed by atoms with Crippen molar-refractivity contribution in [2.24, 2.45) is 0 Å². The summed E-state index contributed by atoms with van der Waals surface area (Å²) in [6, 6.07) is 9.89. The van der Waals surface area contributed by atoms with Crippen molar-refractivity contribution in [1.82, 2.24) is 15.0 Å². The lowest BCUT2D eigenvalue weighted by molar-refractivity contribution is 0.0702. The lowest BCUT2D eigenvalue weighted by atomic mass is 10.1. The smallest absolute Gasteiger partial charge is 0.345 e. The summed E-state index contributed by atoms with van der Waals surface area (Å²) in [7, 11) is -3.34. The number of aromatic carboxylic acids is 1. The number of fused-ring (bicyclic) bond motifs is 1. The standard InChI is InChI=1S/C20H17N3O4S2/c1-11(2)29(26,27)13-5-3-12(4-6-13)15-10-22-19-18(23-15)14(9-21-19)16-7-8-17(28-16)20(24)25/h3-11H,1-2H3,(H,21,22)(H,24,25). The van der Waals surface area contributed by atoms with Gasteiger partial charge in [0.1, 0.15) is 10.4 Å². The molecule has 0 aliphatic carbocycles. The van der Waals surface area contributed by atoms with Gasteiger partial charge in [0.05, 0.1) is 22.0 Å². The molecular formula is C20H17N3O4S2. The number of carboxylic acids is 1. The maximum Gasteiger partial charge on any atom is 0.345 e. The number of hydrogen-bond acceptors (Lipinski definition) is 6. The van der Waals surface area contributed by atoms with Gasteiger partial charge in [-0.05, 0) is 38.1 Å². The fourth-order valence-corrected chi connectivity index (χ4v) is 4.83. The summed E-state index contributed by atoms with van der Waals surface area (Å²) in [5, 5.41) is 8.66. The lowest BCUT2D eigenvalue weighted by Gasteiger charge is -2.08. The van der Waals surface area contributed by atoms with Crippen molar-refractivity contribution in [2.75, 3.05) is 0 Å². The van der Waals surface area contributed by atoms with Crippen molar-refractivity contribution < 1.29 is 18.3 Å². The van der Waals surface area contributed by atoms with Gasteiger partial charge in [-0.3, -0.25) is 0 Å². The summed E-state index contributed by atoms with van der Waals surface area (Å²) in [5.74, 6) is -0.968. The van der Waals surface area contributed by atoms with Crippen LogP contribution in [0.3, 0.4) is 0 Å². The molecule has 0 fully saturated rings. The molecule has 0 aliphatic heterocycles. The topological polar surface area (TPSA) is 113 Å². The molecule has 3 aromatic heterocycles. The largest absolute Gasteiger partial charge is 0.477 e. The Kier molecular flexibility index (Phi) is 4.71. The van der Waals surface area contributed by atoms with Gasteiger partial charge in [-0.15, -0.1) is 11.3 Å². The Morgan fingerprint density at radius 2 is 1.86 bits per heavy atom. The highest BCUT2D eigenvalue weighted by Gasteiger charge is 2.19. The van der Waals surface area contributed by atoms with E-state index in [-0.39, 0.29) is 9.77 Å². The van der Waals surface area contributed by atoms with Crippen molar-refractivity contribution >= 4 is 38.3 Å². The van der Waals surface area contributed by atoms with Crippen LogP contribution in [0.4, 0.5) is 0 Å². The predicted octanol–water partition coefficient (Wildman–Crippen LogP) is 4.23. The summed E-state index contributed by atoms with van der Waals surface area (Å²) in [6.45, 7) is 3.30. The average Bonchev–Trinajstić information content (AvgIpc) is 3.34. The molecule has 9 heteroatoms. The number of nitrogens with one attached hydrogen (secondary N) is 1. The predicted molar refractivity (Wildman–Crippen MR) is 112 cm³/mol. The Balaban J connectivity index is 1.75. The molecule has 0 saturated carbocycles. The third-order valence-electron chi connectivity index (χ3n) is 4.56. The van der Waals surface area contributed by atoms with Gasteiger partial charge in [0.15, 0.2) is 15.5 Å². The van der Waals surface area contributed by atoms with Crippen molar-refractivity contribution in [3.05, 3.63) is 53.7 Å². The Morgan fingerprint density at radius 1 is 1.14 bits per heavy atom. The van der Waals surface area contributed by atoms with E-state index in [4.69, 9.17) is 5.11 Å². The third-order valence-corrected chi connectivity index (χ3v) is 7.84. The first-order valence-corrected chi connectivity index (χ1v) is 11.2. The molecule has 29 heavy (non-hydrogen) atoms. The van der Waals surface area contributed by atoms with Crippen molar-refractivity contribution in [2.45, 2.75) is 24.0 Å². The molecule has 7 nitrogen and oxygen atoms in total. The summed E-state index contributed by atoms with van der Waals surface area (Å²) < 4.78 is 24.6. The molecule has 0 bridgehead atoms. The van der Waals surface area contributed by atoms with E-state index in [1.54, 1.807) is 62.6 Å².